The van der Waals surface area contributed by atoms with Crippen LogP contribution in [0, 0.1) is 6.92 Å². The molecule has 0 aliphatic carbocycles. The molecule has 3 aromatic rings. The maximum atomic E-state index is 13.2. The summed E-state index contributed by atoms with van der Waals surface area (Å²) in [5.41, 5.74) is 0.731. The molecule has 1 aromatic carbocycles. The van der Waals surface area contributed by atoms with Crippen LogP contribution in [0.4, 0.5) is 23.8 Å². The molecule has 1 saturated heterocycles. The number of hydrogen-bond acceptors (Lipinski definition) is 6. The fourth-order valence-electron chi connectivity index (χ4n) is 3.88. The molecule has 1 amide bonds. The first-order valence-electron chi connectivity index (χ1n) is 9.78. The number of hydrogen-bond donors (Lipinski definition) is 2. The molecule has 1 atom stereocenters. The number of anilines is 1. The lowest BCUT2D eigenvalue weighted by Gasteiger charge is -2.15. The van der Waals surface area contributed by atoms with E-state index in [1.807, 2.05) is 0 Å². The van der Waals surface area contributed by atoms with Crippen LogP contribution >= 0.6 is 0 Å². The third kappa shape index (κ3) is 3.87. The number of aryl methyl sites for hydroxylation is 2. The Labute approximate surface area is 180 Å². The van der Waals surface area contributed by atoms with Gasteiger partial charge in [0.1, 0.15) is 17.4 Å². The Balaban J connectivity index is 1.69. The number of ether oxygens (including phenoxy) is 1. The number of likely N-dealkylation sites (tertiary alicyclic amines) is 1. The highest BCUT2D eigenvalue weighted by atomic mass is 19.4. The van der Waals surface area contributed by atoms with Gasteiger partial charge in [-0.05, 0) is 31.0 Å². The Morgan fingerprint density at radius 1 is 1.31 bits per heavy atom. The van der Waals surface area contributed by atoms with Crippen LogP contribution in [0.3, 0.4) is 0 Å². The van der Waals surface area contributed by atoms with Crippen LogP contribution < -0.4 is 10.1 Å². The fraction of sp³-hybridized carbons (Fsp3) is 0.400. The molecule has 1 fully saturated rings. The van der Waals surface area contributed by atoms with Crippen LogP contribution in [0.2, 0.25) is 0 Å². The second kappa shape index (κ2) is 7.84. The molecule has 0 spiro atoms. The van der Waals surface area contributed by atoms with Gasteiger partial charge in [-0.25, -0.2) is 19.7 Å². The predicted molar refractivity (Wildman–Crippen MR) is 110 cm³/mol. The fourth-order valence-corrected chi connectivity index (χ4v) is 3.88. The van der Waals surface area contributed by atoms with E-state index in [0.717, 1.165) is 12.1 Å². The summed E-state index contributed by atoms with van der Waals surface area (Å²) in [7, 11) is 3.01. The molecule has 0 bridgehead atoms. The summed E-state index contributed by atoms with van der Waals surface area (Å²) in [6.45, 7) is 2.34. The number of halogens is 3. The van der Waals surface area contributed by atoms with Crippen LogP contribution in [0.25, 0.3) is 22.7 Å². The third-order valence-corrected chi connectivity index (χ3v) is 5.46. The zero-order valence-corrected chi connectivity index (χ0v) is 17.6. The summed E-state index contributed by atoms with van der Waals surface area (Å²) < 4.78 is 46.5. The van der Waals surface area contributed by atoms with E-state index in [2.05, 4.69) is 20.3 Å². The highest BCUT2D eigenvalue weighted by molar-refractivity contribution is 5.79. The van der Waals surface area contributed by atoms with Crippen molar-refractivity contribution >= 4 is 23.2 Å². The SMILES string of the molecule is COc1cc(C(F)(F)F)cc(C)c1-c1nc2nc(N[C@@H]3CCN(C(=O)O)C3)cnc2n1C. The summed E-state index contributed by atoms with van der Waals surface area (Å²) in [5, 5.41) is 12.3. The molecule has 1 aliphatic heterocycles. The van der Waals surface area contributed by atoms with Crippen molar-refractivity contribution in [2.24, 2.45) is 7.05 Å². The quantitative estimate of drug-likeness (QED) is 0.627. The lowest BCUT2D eigenvalue weighted by molar-refractivity contribution is -0.137. The molecule has 4 rings (SSSR count). The molecule has 0 radical (unpaired) electrons. The molecule has 12 heteroatoms. The van der Waals surface area contributed by atoms with E-state index in [-0.39, 0.29) is 11.8 Å². The van der Waals surface area contributed by atoms with E-state index >= 15 is 0 Å². The second-order valence-electron chi connectivity index (χ2n) is 7.62. The molecule has 1 aliphatic rings. The van der Waals surface area contributed by atoms with Crippen molar-refractivity contribution in [3.05, 3.63) is 29.5 Å². The normalized spacial score (nSPS) is 16.6. The third-order valence-electron chi connectivity index (χ3n) is 5.46. The van der Waals surface area contributed by atoms with E-state index in [0.29, 0.717) is 53.6 Å². The lowest BCUT2D eigenvalue weighted by atomic mass is 10.0. The molecule has 0 unspecified atom stereocenters. The molecule has 170 valence electrons. The highest BCUT2D eigenvalue weighted by Crippen LogP contribution is 2.39. The average molecular weight is 450 g/mol. The number of nitrogens with one attached hydrogen (secondary N) is 1. The lowest BCUT2D eigenvalue weighted by Crippen LogP contribution is -2.30. The predicted octanol–water partition coefficient (Wildman–Crippen LogP) is 3.53. The van der Waals surface area contributed by atoms with Gasteiger partial charge in [0.05, 0.1) is 24.4 Å². The Hall–Kier alpha value is -3.57. The van der Waals surface area contributed by atoms with Gasteiger partial charge in [-0.3, -0.25) is 0 Å². The Morgan fingerprint density at radius 2 is 2.06 bits per heavy atom. The first kappa shape index (κ1) is 21.7. The summed E-state index contributed by atoms with van der Waals surface area (Å²) in [6, 6.07) is 1.90. The zero-order valence-electron chi connectivity index (χ0n) is 17.6. The van der Waals surface area contributed by atoms with E-state index in [1.165, 1.54) is 18.2 Å². The number of rotatable bonds is 4. The molecule has 2 aromatic heterocycles. The number of amides is 1. The number of imidazole rings is 1. The van der Waals surface area contributed by atoms with E-state index < -0.39 is 17.8 Å². The van der Waals surface area contributed by atoms with Crippen LogP contribution in [-0.4, -0.2) is 61.9 Å². The number of methoxy groups -OCH3 is 1. The molecule has 32 heavy (non-hydrogen) atoms. The van der Waals surface area contributed by atoms with Crippen molar-refractivity contribution in [2.45, 2.75) is 25.6 Å². The number of benzene rings is 1. The summed E-state index contributed by atoms with van der Waals surface area (Å²) in [4.78, 5) is 25.8. The zero-order chi connectivity index (χ0) is 23.2. The van der Waals surface area contributed by atoms with Crippen molar-refractivity contribution in [3.63, 3.8) is 0 Å². The minimum Gasteiger partial charge on any atom is -0.496 e. The minimum absolute atomic E-state index is 0.0498. The number of alkyl halides is 3. The van der Waals surface area contributed by atoms with E-state index in [1.54, 1.807) is 18.5 Å². The van der Waals surface area contributed by atoms with E-state index in [4.69, 9.17) is 9.84 Å². The Kier molecular flexibility index (Phi) is 5.31. The maximum Gasteiger partial charge on any atom is 0.416 e. The van der Waals surface area contributed by atoms with Gasteiger partial charge in [0.2, 0.25) is 0 Å². The van der Waals surface area contributed by atoms with Gasteiger partial charge in [0.15, 0.2) is 11.3 Å². The average Bonchev–Trinajstić information content (AvgIpc) is 3.31. The number of aromatic nitrogens is 4. The van der Waals surface area contributed by atoms with E-state index in [9.17, 15) is 18.0 Å². The number of nitrogens with zero attached hydrogens (tertiary/aromatic N) is 5. The Morgan fingerprint density at radius 3 is 2.69 bits per heavy atom. The van der Waals surface area contributed by atoms with Gasteiger partial charge in [-0.2, -0.15) is 13.2 Å². The van der Waals surface area contributed by atoms with Crippen molar-refractivity contribution in [2.75, 3.05) is 25.5 Å². The largest absolute Gasteiger partial charge is 0.496 e. The summed E-state index contributed by atoms with van der Waals surface area (Å²) in [5.74, 6) is 0.863. The van der Waals surface area contributed by atoms with Crippen molar-refractivity contribution < 1.29 is 27.8 Å². The van der Waals surface area contributed by atoms with Crippen LogP contribution in [-0.2, 0) is 13.2 Å². The van der Waals surface area contributed by atoms with Gasteiger partial charge in [-0.1, -0.05) is 0 Å². The summed E-state index contributed by atoms with van der Waals surface area (Å²) >= 11 is 0. The molecular weight excluding hydrogens is 429 g/mol. The molecule has 9 nitrogen and oxygen atoms in total. The van der Waals surface area contributed by atoms with Gasteiger partial charge in [-0.15, -0.1) is 0 Å². The monoisotopic (exact) mass is 450 g/mol. The van der Waals surface area contributed by atoms with Gasteiger partial charge < -0.3 is 24.6 Å². The Bertz CT molecular complexity index is 1190. The van der Waals surface area contributed by atoms with Crippen molar-refractivity contribution in [1.29, 1.82) is 0 Å². The smallest absolute Gasteiger partial charge is 0.416 e. The molecule has 2 N–H and O–H groups in total. The number of carbonyl (C=O) groups is 1. The highest BCUT2D eigenvalue weighted by Gasteiger charge is 2.33. The maximum absolute atomic E-state index is 13.2. The second-order valence-corrected chi connectivity index (χ2v) is 7.62. The topological polar surface area (TPSA) is 105 Å². The first-order chi connectivity index (χ1) is 15.1. The van der Waals surface area contributed by atoms with Gasteiger partial charge in [0.25, 0.3) is 0 Å². The number of fused-ring (bicyclic) bond motifs is 1. The molecule has 3 heterocycles. The number of carboxylic acid groups (broad SMARTS) is 1. The standard InChI is InChI=1S/C20H21F3N6O3/c1-10-6-11(20(21,22)23)7-13(32-3)15(10)17-27-16-18(28(17)2)24-8-14(26-16)25-12-4-5-29(9-12)19(30)31/h6-8,12H,4-5,9H2,1-3H3,(H,25,26)(H,30,31)/t12-/m1/s1. The van der Waals surface area contributed by atoms with Gasteiger partial charge >= 0.3 is 12.3 Å². The van der Waals surface area contributed by atoms with Crippen molar-refractivity contribution in [3.8, 4) is 17.1 Å². The van der Waals surface area contributed by atoms with Gasteiger partial charge in [0, 0.05) is 26.2 Å². The molecular formula is C20H21F3N6O3. The van der Waals surface area contributed by atoms with Crippen LogP contribution in [0.1, 0.15) is 17.5 Å². The minimum atomic E-state index is -4.50. The van der Waals surface area contributed by atoms with Crippen LogP contribution in [0.5, 0.6) is 5.75 Å². The summed E-state index contributed by atoms with van der Waals surface area (Å²) in [6.07, 6.45) is -3.30. The first-order valence-corrected chi connectivity index (χ1v) is 9.78. The van der Waals surface area contributed by atoms with Crippen molar-refractivity contribution in [1.82, 2.24) is 24.4 Å². The molecule has 0 saturated carbocycles. The van der Waals surface area contributed by atoms with Crippen LogP contribution in [0.15, 0.2) is 18.3 Å².